The van der Waals surface area contributed by atoms with E-state index in [1.54, 1.807) is 0 Å². The quantitative estimate of drug-likeness (QED) is 0.554. The summed E-state index contributed by atoms with van der Waals surface area (Å²) in [6.45, 7) is 3.16. The fraction of sp³-hybridized carbons (Fsp3) is 0.455. The number of aryl methyl sites for hydroxylation is 2. The molecule has 1 aromatic carbocycles. The fourth-order valence-electron chi connectivity index (χ4n) is 1.77. The van der Waals surface area contributed by atoms with Gasteiger partial charge in [0.25, 0.3) is 0 Å². The lowest BCUT2D eigenvalue weighted by molar-refractivity contribution is 0.726. The van der Waals surface area contributed by atoms with E-state index in [0.717, 1.165) is 6.54 Å². The second-order valence-electron chi connectivity index (χ2n) is 3.42. The van der Waals surface area contributed by atoms with Crippen molar-refractivity contribution in [3.8, 4) is 0 Å². The van der Waals surface area contributed by atoms with E-state index in [2.05, 4.69) is 30.4 Å². The molecule has 1 nitrogen and oxygen atoms in total. The monoisotopic (exact) mass is 160 g/mol. The van der Waals surface area contributed by atoms with Gasteiger partial charge in [0, 0.05) is 6.54 Å². The third-order valence-corrected chi connectivity index (χ3v) is 2.45. The van der Waals surface area contributed by atoms with Gasteiger partial charge in [-0.1, -0.05) is 18.2 Å². The molecule has 1 heteroatoms. The van der Waals surface area contributed by atoms with Crippen LogP contribution in [0.25, 0.3) is 0 Å². The average Bonchev–Trinajstić information content (AvgIpc) is 2.30. The molecular formula is C11H14N. The Kier molecular flexibility index (Phi) is 2.03. The van der Waals surface area contributed by atoms with E-state index in [1.807, 2.05) is 0 Å². The minimum absolute atomic E-state index is 1.01. The molecule has 1 aromatic rings. The average molecular weight is 160 g/mol. The Labute approximate surface area is 73.8 Å². The van der Waals surface area contributed by atoms with E-state index < -0.39 is 0 Å². The topological polar surface area (TPSA) is 14.1 Å². The summed E-state index contributed by atoms with van der Waals surface area (Å²) in [5.41, 5.74) is 4.02. The number of benzene rings is 1. The van der Waals surface area contributed by atoms with Crippen molar-refractivity contribution in [3.05, 3.63) is 29.3 Å². The number of rotatable bonds is 0. The van der Waals surface area contributed by atoms with Crippen LogP contribution < -0.4 is 5.32 Å². The van der Waals surface area contributed by atoms with Crippen molar-refractivity contribution in [2.45, 2.75) is 26.2 Å². The van der Waals surface area contributed by atoms with Gasteiger partial charge < -0.3 is 0 Å². The molecule has 0 aromatic heterocycles. The van der Waals surface area contributed by atoms with E-state index in [-0.39, 0.29) is 0 Å². The van der Waals surface area contributed by atoms with Crippen molar-refractivity contribution in [1.82, 2.24) is 5.32 Å². The molecule has 0 bridgehead atoms. The van der Waals surface area contributed by atoms with Crippen LogP contribution in [0.5, 0.6) is 0 Å². The van der Waals surface area contributed by atoms with Crippen molar-refractivity contribution in [2.75, 3.05) is 6.54 Å². The van der Waals surface area contributed by atoms with Gasteiger partial charge in [0.2, 0.25) is 0 Å². The third-order valence-electron chi connectivity index (χ3n) is 2.45. The maximum absolute atomic E-state index is 4.59. The van der Waals surface area contributed by atoms with Gasteiger partial charge in [-0.3, -0.25) is 5.32 Å². The van der Waals surface area contributed by atoms with Crippen molar-refractivity contribution >= 4 is 5.69 Å². The van der Waals surface area contributed by atoms with Gasteiger partial charge >= 0.3 is 0 Å². The summed E-state index contributed by atoms with van der Waals surface area (Å²) < 4.78 is 0. The molecule has 0 spiro atoms. The van der Waals surface area contributed by atoms with E-state index in [4.69, 9.17) is 0 Å². The van der Waals surface area contributed by atoms with Gasteiger partial charge in [-0.15, -0.1) is 0 Å². The molecule has 1 aliphatic rings. The van der Waals surface area contributed by atoms with Crippen LogP contribution in [0.15, 0.2) is 18.2 Å². The number of hydrogen-bond donors (Lipinski definition) is 0. The zero-order valence-electron chi connectivity index (χ0n) is 7.51. The number of nitrogens with zero attached hydrogens (tertiary/aromatic N) is 1. The fourth-order valence-corrected chi connectivity index (χ4v) is 1.77. The summed E-state index contributed by atoms with van der Waals surface area (Å²) in [4.78, 5) is 0. The predicted molar refractivity (Wildman–Crippen MR) is 50.8 cm³/mol. The van der Waals surface area contributed by atoms with Crippen molar-refractivity contribution in [2.24, 2.45) is 0 Å². The maximum atomic E-state index is 4.59. The Bertz CT molecular complexity index is 278. The highest BCUT2D eigenvalue weighted by Crippen LogP contribution is 2.24. The molecule has 0 N–H and O–H groups in total. The number of hydrogen-bond acceptors (Lipinski definition) is 0. The maximum Gasteiger partial charge on any atom is 0.0635 e. The Balaban J connectivity index is 2.42. The minimum Gasteiger partial charge on any atom is -0.285 e. The normalized spacial score (nSPS) is 16.1. The summed E-state index contributed by atoms with van der Waals surface area (Å²) in [6.07, 6.45) is 3.74. The van der Waals surface area contributed by atoms with Crippen LogP contribution >= 0.6 is 0 Å². The Morgan fingerprint density at radius 2 is 2.17 bits per heavy atom. The summed E-state index contributed by atoms with van der Waals surface area (Å²) in [5, 5.41) is 4.59. The lowest BCUT2D eigenvalue weighted by atomic mass is 10.0. The highest BCUT2D eigenvalue weighted by Gasteiger charge is 2.09. The van der Waals surface area contributed by atoms with Crippen LogP contribution in [0.4, 0.5) is 5.69 Å². The first-order valence-electron chi connectivity index (χ1n) is 4.64. The highest BCUT2D eigenvalue weighted by molar-refractivity contribution is 5.52. The first-order chi connectivity index (χ1) is 5.88. The second-order valence-corrected chi connectivity index (χ2v) is 3.42. The van der Waals surface area contributed by atoms with Gasteiger partial charge in [0.05, 0.1) is 5.69 Å². The van der Waals surface area contributed by atoms with Crippen molar-refractivity contribution < 1.29 is 0 Å². The third kappa shape index (κ3) is 1.31. The van der Waals surface area contributed by atoms with Gasteiger partial charge in [-0.2, -0.15) is 0 Å². The van der Waals surface area contributed by atoms with E-state index in [1.165, 1.54) is 36.1 Å². The van der Waals surface area contributed by atoms with Gasteiger partial charge in [-0.25, -0.2) is 0 Å². The number of para-hydroxylation sites is 1. The first kappa shape index (κ1) is 7.66. The predicted octanol–water partition coefficient (Wildman–Crippen LogP) is 2.57. The summed E-state index contributed by atoms with van der Waals surface area (Å²) in [5.74, 6) is 0. The Morgan fingerprint density at radius 1 is 1.25 bits per heavy atom. The van der Waals surface area contributed by atoms with Crippen molar-refractivity contribution in [1.29, 1.82) is 0 Å². The minimum atomic E-state index is 1.01. The van der Waals surface area contributed by atoms with Crippen LogP contribution in [-0.2, 0) is 6.42 Å². The molecule has 12 heavy (non-hydrogen) atoms. The number of fused-ring (bicyclic) bond motifs is 1. The molecule has 0 saturated heterocycles. The molecule has 0 fully saturated rings. The van der Waals surface area contributed by atoms with Crippen LogP contribution in [0, 0.1) is 6.92 Å². The smallest absolute Gasteiger partial charge is 0.0635 e. The summed E-state index contributed by atoms with van der Waals surface area (Å²) in [7, 11) is 0. The lowest BCUT2D eigenvalue weighted by Gasteiger charge is -2.07. The van der Waals surface area contributed by atoms with Crippen LogP contribution in [0.1, 0.15) is 24.0 Å². The van der Waals surface area contributed by atoms with E-state index in [0.29, 0.717) is 0 Å². The SMILES string of the molecule is Cc1cccc2c1[N]CCCC2. The molecule has 0 atom stereocenters. The summed E-state index contributed by atoms with van der Waals surface area (Å²) in [6, 6.07) is 6.49. The van der Waals surface area contributed by atoms with Gasteiger partial charge in [0.1, 0.15) is 0 Å². The molecular weight excluding hydrogens is 146 g/mol. The zero-order valence-corrected chi connectivity index (χ0v) is 7.51. The van der Waals surface area contributed by atoms with Gasteiger partial charge in [0.15, 0.2) is 0 Å². The standard InChI is InChI=1S/C11H14N/c1-9-5-4-7-10-6-2-3-8-12-11(9)10/h4-5,7H,2-3,6,8H2,1H3. The molecule has 0 amide bonds. The summed E-state index contributed by atoms with van der Waals surface area (Å²) >= 11 is 0. The second kappa shape index (κ2) is 3.18. The van der Waals surface area contributed by atoms with Crippen LogP contribution in [0.3, 0.4) is 0 Å². The largest absolute Gasteiger partial charge is 0.285 e. The van der Waals surface area contributed by atoms with E-state index >= 15 is 0 Å². The Morgan fingerprint density at radius 3 is 3.08 bits per heavy atom. The van der Waals surface area contributed by atoms with E-state index in [9.17, 15) is 0 Å². The van der Waals surface area contributed by atoms with Gasteiger partial charge in [-0.05, 0) is 37.3 Å². The van der Waals surface area contributed by atoms with Crippen molar-refractivity contribution in [3.63, 3.8) is 0 Å². The Hall–Kier alpha value is -0.980. The molecule has 0 aliphatic carbocycles. The first-order valence-corrected chi connectivity index (χ1v) is 4.64. The highest BCUT2D eigenvalue weighted by atomic mass is 14.9. The molecule has 63 valence electrons. The molecule has 0 unspecified atom stereocenters. The van der Waals surface area contributed by atoms with Crippen LogP contribution in [-0.4, -0.2) is 6.54 Å². The lowest BCUT2D eigenvalue weighted by Crippen LogP contribution is -1.99. The molecule has 1 aliphatic heterocycles. The molecule has 1 heterocycles. The van der Waals surface area contributed by atoms with Crippen LogP contribution in [0.2, 0.25) is 0 Å². The molecule has 0 saturated carbocycles. The molecule has 2 rings (SSSR count). The molecule has 1 radical (unpaired) electrons. The zero-order chi connectivity index (χ0) is 8.39.